The van der Waals surface area contributed by atoms with Crippen LogP contribution in [0.15, 0.2) is 28.8 Å². The Balaban J connectivity index is 2.26. The van der Waals surface area contributed by atoms with E-state index in [0.29, 0.717) is 29.6 Å². The lowest BCUT2D eigenvalue weighted by atomic mass is 10.2. The molecule has 0 radical (unpaired) electrons. The van der Waals surface area contributed by atoms with E-state index < -0.39 is 0 Å². The fourth-order valence-corrected chi connectivity index (χ4v) is 1.51. The first kappa shape index (κ1) is 10.7. The van der Waals surface area contributed by atoms with Crippen LogP contribution in [0.3, 0.4) is 0 Å². The Morgan fingerprint density at radius 3 is 2.94 bits per heavy atom. The molecule has 0 fully saturated rings. The first-order chi connectivity index (χ1) is 7.81. The van der Waals surface area contributed by atoms with Crippen LogP contribution in [-0.2, 0) is 6.42 Å². The fourth-order valence-electron chi connectivity index (χ4n) is 1.29. The molecule has 0 atom stereocenters. The summed E-state index contributed by atoms with van der Waals surface area (Å²) in [6.07, 6.45) is 6.34. The van der Waals surface area contributed by atoms with Gasteiger partial charge in [-0.15, -0.1) is 12.3 Å². The molecule has 3 nitrogen and oxygen atoms in total. The molecule has 1 heterocycles. The number of benzene rings is 1. The third-order valence-corrected chi connectivity index (χ3v) is 2.40. The summed E-state index contributed by atoms with van der Waals surface area (Å²) in [5, 5.41) is 4.46. The van der Waals surface area contributed by atoms with E-state index in [4.69, 9.17) is 22.5 Å². The summed E-state index contributed by atoms with van der Waals surface area (Å²) in [6, 6.07) is 7.36. The topological polar surface area (TPSA) is 38.9 Å². The molecule has 1 aromatic heterocycles. The molecule has 16 heavy (non-hydrogen) atoms. The molecule has 0 saturated carbocycles. The van der Waals surface area contributed by atoms with Crippen LogP contribution in [0.1, 0.15) is 12.3 Å². The minimum atomic E-state index is 0.498. The summed E-state index contributed by atoms with van der Waals surface area (Å²) in [6.45, 7) is 0. The smallest absolute Gasteiger partial charge is 0.227 e. The average molecular weight is 233 g/mol. The molecule has 0 aliphatic carbocycles. The van der Waals surface area contributed by atoms with Gasteiger partial charge in [-0.3, -0.25) is 0 Å². The molecule has 0 unspecified atom stereocenters. The number of halogens is 1. The molecule has 0 saturated heterocycles. The van der Waals surface area contributed by atoms with Crippen LogP contribution in [0.4, 0.5) is 0 Å². The molecule has 0 aliphatic rings. The van der Waals surface area contributed by atoms with Crippen molar-refractivity contribution >= 4 is 11.6 Å². The lowest BCUT2D eigenvalue weighted by Crippen LogP contribution is -1.85. The van der Waals surface area contributed by atoms with Gasteiger partial charge in [-0.2, -0.15) is 4.98 Å². The second-order valence-electron chi connectivity index (χ2n) is 3.20. The molecule has 0 bridgehead atoms. The lowest BCUT2D eigenvalue weighted by Gasteiger charge is -1.95. The van der Waals surface area contributed by atoms with Crippen LogP contribution >= 0.6 is 11.6 Å². The van der Waals surface area contributed by atoms with Crippen molar-refractivity contribution in [1.29, 1.82) is 0 Å². The minimum absolute atomic E-state index is 0.498. The van der Waals surface area contributed by atoms with E-state index in [1.54, 1.807) is 6.07 Å². The minimum Gasteiger partial charge on any atom is -0.339 e. The zero-order valence-electron chi connectivity index (χ0n) is 8.48. The predicted octanol–water partition coefficient (Wildman–Crippen LogP) is 2.96. The second-order valence-corrected chi connectivity index (χ2v) is 3.60. The van der Waals surface area contributed by atoms with Crippen molar-refractivity contribution in [2.75, 3.05) is 0 Å². The molecule has 0 spiro atoms. The number of aryl methyl sites for hydroxylation is 1. The summed E-state index contributed by atoms with van der Waals surface area (Å²) in [5.74, 6) is 3.56. The van der Waals surface area contributed by atoms with Gasteiger partial charge in [0.25, 0.3) is 0 Å². The van der Waals surface area contributed by atoms with E-state index >= 15 is 0 Å². The monoisotopic (exact) mass is 232 g/mol. The molecule has 2 rings (SSSR count). The summed E-state index contributed by atoms with van der Waals surface area (Å²) in [7, 11) is 0. The summed E-state index contributed by atoms with van der Waals surface area (Å²) in [5.41, 5.74) is 0.764. The van der Waals surface area contributed by atoms with Crippen molar-refractivity contribution in [3.05, 3.63) is 35.2 Å². The van der Waals surface area contributed by atoms with Crippen molar-refractivity contribution in [3.8, 4) is 23.7 Å². The predicted molar refractivity (Wildman–Crippen MR) is 61.9 cm³/mol. The van der Waals surface area contributed by atoms with Crippen LogP contribution in [0.2, 0.25) is 5.02 Å². The van der Waals surface area contributed by atoms with E-state index in [-0.39, 0.29) is 0 Å². The number of aromatic nitrogens is 2. The molecule has 0 amide bonds. The molecule has 0 aliphatic heterocycles. The average Bonchev–Trinajstić information content (AvgIpc) is 2.75. The highest BCUT2D eigenvalue weighted by Gasteiger charge is 2.10. The van der Waals surface area contributed by atoms with E-state index in [1.165, 1.54) is 0 Å². The van der Waals surface area contributed by atoms with Crippen LogP contribution < -0.4 is 0 Å². The van der Waals surface area contributed by atoms with Gasteiger partial charge < -0.3 is 4.52 Å². The SMILES string of the molecule is C#CCCc1nc(-c2ccccc2Cl)no1. The van der Waals surface area contributed by atoms with Gasteiger partial charge in [0.05, 0.1) is 5.02 Å². The molecule has 80 valence electrons. The van der Waals surface area contributed by atoms with Crippen molar-refractivity contribution in [2.45, 2.75) is 12.8 Å². The number of terminal acetylenes is 1. The van der Waals surface area contributed by atoms with Crippen LogP contribution in [-0.4, -0.2) is 10.1 Å². The number of hydrogen-bond donors (Lipinski definition) is 0. The van der Waals surface area contributed by atoms with Crippen LogP contribution in [0, 0.1) is 12.3 Å². The van der Waals surface area contributed by atoms with Crippen LogP contribution in [0.5, 0.6) is 0 Å². The second kappa shape index (κ2) is 4.82. The standard InChI is InChI=1S/C12H9ClN2O/c1-2-3-8-11-14-12(15-16-11)9-6-4-5-7-10(9)13/h1,4-7H,3,8H2. The van der Waals surface area contributed by atoms with Crippen molar-refractivity contribution in [3.63, 3.8) is 0 Å². The quantitative estimate of drug-likeness (QED) is 0.764. The highest BCUT2D eigenvalue weighted by molar-refractivity contribution is 6.33. The van der Waals surface area contributed by atoms with Gasteiger partial charge in [0, 0.05) is 18.4 Å². The van der Waals surface area contributed by atoms with E-state index in [9.17, 15) is 0 Å². The number of hydrogen-bond acceptors (Lipinski definition) is 3. The summed E-state index contributed by atoms with van der Waals surface area (Å²) >= 11 is 6.02. The molecule has 2 aromatic rings. The lowest BCUT2D eigenvalue weighted by molar-refractivity contribution is 0.380. The molecular formula is C12H9ClN2O. The molecule has 1 aromatic carbocycles. The Morgan fingerprint density at radius 2 is 2.19 bits per heavy atom. The van der Waals surface area contributed by atoms with Gasteiger partial charge >= 0.3 is 0 Å². The maximum Gasteiger partial charge on any atom is 0.227 e. The van der Waals surface area contributed by atoms with Gasteiger partial charge in [0.2, 0.25) is 11.7 Å². The molecule has 4 heteroatoms. The Kier molecular flexibility index (Phi) is 3.23. The highest BCUT2D eigenvalue weighted by atomic mass is 35.5. The summed E-state index contributed by atoms with van der Waals surface area (Å²) in [4.78, 5) is 4.22. The largest absolute Gasteiger partial charge is 0.339 e. The Morgan fingerprint density at radius 1 is 1.38 bits per heavy atom. The fraction of sp³-hybridized carbons (Fsp3) is 0.167. The normalized spacial score (nSPS) is 10.0. The Hall–Kier alpha value is -1.79. The maximum atomic E-state index is 6.02. The van der Waals surface area contributed by atoms with E-state index in [2.05, 4.69) is 16.1 Å². The Labute approximate surface area is 98.4 Å². The number of nitrogens with zero attached hydrogens (tertiary/aromatic N) is 2. The Bertz CT molecular complexity index is 528. The van der Waals surface area contributed by atoms with E-state index in [1.807, 2.05) is 18.2 Å². The van der Waals surface area contributed by atoms with Gasteiger partial charge in [0.15, 0.2) is 0 Å². The first-order valence-electron chi connectivity index (χ1n) is 4.82. The third-order valence-electron chi connectivity index (χ3n) is 2.07. The molecular weight excluding hydrogens is 224 g/mol. The highest BCUT2D eigenvalue weighted by Crippen LogP contribution is 2.24. The van der Waals surface area contributed by atoms with Gasteiger partial charge in [0.1, 0.15) is 0 Å². The van der Waals surface area contributed by atoms with E-state index in [0.717, 1.165) is 5.56 Å². The molecule has 0 N–H and O–H groups in total. The first-order valence-corrected chi connectivity index (χ1v) is 5.20. The number of rotatable bonds is 3. The van der Waals surface area contributed by atoms with Gasteiger partial charge in [-0.05, 0) is 12.1 Å². The third kappa shape index (κ3) is 2.23. The maximum absolute atomic E-state index is 6.02. The van der Waals surface area contributed by atoms with Crippen molar-refractivity contribution in [2.24, 2.45) is 0 Å². The zero-order chi connectivity index (χ0) is 11.4. The zero-order valence-corrected chi connectivity index (χ0v) is 9.24. The van der Waals surface area contributed by atoms with Crippen molar-refractivity contribution < 1.29 is 4.52 Å². The van der Waals surface area contributed by atoms with Crippen LogP contribution in [0.25, 0.3) is 11.4 Å². The van der Waals surface area contributed by atoms with Gasteiger partial charge in [-0.1, -0.05) is 28.9 Å². The van der Waals surface area contributed by atoms with Gasteiger partial charge in [-0.25, -0.2) is 0 Å². The van der Waals surface area contributed by atoms with Crippen molar-refractivity contribution in [1.82, 2.24) is 10.1 Å². The summed E-state index contributed by atoms with van der Waals surface area (Å²) < 4.78 is 5.06.